The Balaban J connectivity index is 2.31. The molecular formula is C15H11NO2. The van der Waals surface area contributed by atoms with Gasteiger partial charge >= 0.3 is 0 Å². The summed E-state index contributed by atoms with van der Waals surface area (Å²) in [6.07, 6.45) is 0. The number of H-pyrrole nitrogens is 1. The minimum Gasteiger partial charge on any atom is -0.508 e. The average Bonchev–Trinajstić information content (AvgIpc) is 2.39. The highest BCUT2D eigenvalue weighted by Gasteiger charge is 2.05. The number of nitrogens with one attached hydrogen (secondary N) is 1. The first-order valence-corrected chi connectivity index (χ1v) is 5.65. The highest BCUT2D eigenvalue weighted by molar-refractivity contribution is 5.84. The fourth-order valence-corrected chi connectivity index (χ4v) is 2.03. The quantitative estimate of drug-likeness (QED) is 0.683. The summed E-state index contributed by atoms with van der Waals surface area (Å²) >= 11 is 0. The molecule has 1 aromatic heterocycles. The van der Waals surface area contributed by atoms with E-state index in [1.165, 1.54) is 0 Å². The van der Waals surface area contributed by atoms with Crippen LogP contribution in [-0.2, 0) is 0 Å². The number of aromatic hydroxyl groups is 1. The van der Waals surface area contributed by atoms with Crippen molar-refractivity contribution in [3.05, 3.63) is 65.0 Å². The molecule has 3 rings (SSSR count). The third kappa shape index (κ3) is 1.76. The molecule has 0 radical (unpaired) electrons. The number of benzene rings is 2. The molecular weight excluding hydrogens is 226 g/mol. The van der Waals surface area contributed by atoms with Crippen LogP contribution in [0.3, 0.4) is 0 Å². The van der Waals surface area contributed by atoms with Crippen LogP contribution in [0, 0.1) is 0 Å². The number of aromatic amines is 1. The molecule has 18 heavy (non-hydrogen) atoms. The van der Waals surface area contributed by atoms with Gasteiger partial charge in [-0.1, -0.05) is 30.3 Å². The molecule has 0 aliphatic heterocycles. The zero-order valence-corrected chi connectivity index (χ0v) is 9.55. The van der Waals surface area contributed by atoms with Gasteiger partial charge in [-0.05, 0) is 29.8 Å². The van der Waals surface area contributed by atoms with Gasteiger partial charge in [-0.3, -0.25) is 4.79 Å². The molecule has 0 fully saturated rings. The number of hydrogen-bond acceptors (Lipinski definition) is 2. The fourth-order valence-electron chi connectivity index (χ4n) is 2.03. The molecule has 88 valence electrons. The van der Waals surface area contributed by atoms with Crippen molar-refractivity contribution in [3.63, 3.8) is 0 Å². The highest BCUT2D eigenvalue weighted by Crippen LogP contribution is 2.22. The second-order valence-electron chi connectivity index (χ2n) is 4.15. The third-order valence-electron chi connectivity index (χ3n) is 2.91. The van der Waals surface area contributed by atoms with Crippen LogP contribution in [0.15, 0.2) is 59.4 Å². The maximum atomic E-state index is 12.0. The lowest BCUT2D eigenvalue weighted by Gasteiger charge is -2.03. The molecule has 0 bridgehead atoms. The van der Waals surface area contributed by atoms with E-state index < -0.39 is 0 Å². The first-order chi connectivity index (χ1) is 8.74. The van der Waals surface area contributed by atoms with E-state index in [2.05, 4.69) is 4.98 Å². The molecule has 0 unspecified atom stereocenters. The molecule has 3 aromatic rings. The molecule has 3 heteroatoms. The number of pyridine rings is 1. The van der Waals surface area contributed by atoms with Gasteiger partial charge in [0.05, 0.1) is 0 Å². The summed E-state index contributed by atoms with van der Waals surface area (Å²) in [4.78, 5) is 14.8. The first kappa shape index (κ1) is 10.6. The Kier molecular flexibility index (Phi) is 2.38. The van der Waals surface area contributed by atoms with E-state index in [1.54, 1.807) is 24.3 Å². The van der Waals surface area contributed by atoms with Crippen molar-refractivity contribution < 1.29 is 5.11 Å². The van der Waals surface area contributed by atoms with Crippen molar-refractivity contribution in [2.75, 3.05) is 0 Å². The normalized spacial score (nSPS) is 10.7. The molecule has 1 heterocycles. The van der Waals surface area contributed by atoms with Crippen LogP contribution in [0.2, 0.25) is 0 Å². The van der Waals surface area contributed by atoms with E-state index >= 15 is 0 Å². The Morgan fingerprint density at radius 1 is 0.944 bits per heavy atom. The lowest BCUT2D eigenvalue weighted by Crippen LogP contribution is -2.08. The second kappa shape index (κ2) is 4.04. The molecule has 0 spiro atoms. The summed E-state index contributed by atoms with van der Waals surface area (Å²) in [7, 11) is 0. The minimum absolute atomic E-state index is 0.126. The standard InChI is InChI=1S/C15H11NO2/c17-12-6-7-14-11(8-12)9-13(15(18)16-14)10-4-2-1-3-5-10/h1-9,17H,(H,16,18). The SMILES string of the molecule is O=c1[nH]c2ccc(O)cc2cc1-c1ccccc1. The number of phenolic OH excluding ortho intramolecular Hbond substituents is 1. The Labute approximate surface area is 103 Å². The molecule has 0 saturated heterocycles. The summed E-state index contributed by atoms with van der Waals surface area (Å²) in [5.41, 5.74) is 2.06. The second-order valence-corrected chi connectivity index (χ2v) is 4.15. The fraction of sp³-hybridized carbons (Fsp3) is 0. The van der Waals surface area contributed by atoms with Crippen LogP contribution >= 0.6 is 0 Å². The van der Waals surface area contributed by atoms with Crippen LogP contribution in [0.4, 0.5) is 0 Å². The summed E-state index contributed by atoms with van der Waals surface area (Å²) in [6.45, 7) is 0. The summed E-state index contributed by atoms with van der Waals surface area (Å²) in [5, 5.41) is 10.3. The van der Waals surface area contributed by atoms with E-state index in [0.717, 1.165) is 16.5 Å². The lowest BCUT2D eigenvalue weighted by molar-refractivity contribution is 0.476. The maximum Gasteiger partial charge on any atom is 0.256 e. The van der Waals surface area contributed by atoms with Crippen LogP contribution in [0.1, 0.15) is 0 Å². The van der Waals surface area contributed by atoms with Crippen molar-refractivity contribution in [2.45, 2.75) is 0 Å². The van der Waals surface area contributed by atoms with Gasteiger partial charge in [0.15, 0.2) is 0 Å². The van der Waals surface area contributed by atoms with Gasteiger partial charge in [0, 0.05) is 16.5 Å². The van der Waals surface area contributed by atoms with Gasteiger partial charge in [0.2, 0.25) is 0 Å². The number of hydrogen-bond donors (Lipinski definition) is 2. The molecule has 0 aliphatic rings. The number of rotatable bonds is 1. The third-order valence-corrected chi connectivity index (χ3v) is 2.91. The maximum absolute atomic E-state index is 12.0. The Morgan fingerprint density at radius 2 is 1.72 bits per heavy atom. The summed E-state index contributed by atoms with van der Waals surface area (Å²) in [6, 6.07) is 16.1. The van der Waals surface area contributed by atoms with Gasteiger partial charge in [-0.25, -0.2) is 0 Å². The Bertz CT molecular complexity index is 760. The van der Waals surface area contributed by atoms with Gasteiger partial charge in [0.25, 0.3) is 5.56 Å². The topological polar surface area (TPSA) is 53.1 Å². The van der Waals surface area contributed by atoms with Crippen molar-refractivity contribution in [3.8, 4) is 16.9 Å². The van der Waals surface area contributed by atoms with Gasteiger partial charge in [-0.15, -0.1) is 0 Å². The highest BCUT2D eigenvalue weighted by atomic mass is 16.3. The van der Waals surface area contributed by atoms with E-state index in [1.807, 2.05) is 30.3 Å². The molecule has 0 saturated carbocycles. The van der Waals surface area contributed by atoms with Crippen molar-refractivity contribution >= 4 is 10.9 Å². The number of aromatic nitrogens is 1. The monoisotopic (exact) mass is 237 g/mol. The first-order valence-electron chi connectivity index (χ1n) is 5.65. The van der Waals surface area contributed by atoms with E-state index in [9.17, 15) is 9.90 Å². The Hall–Kier alpha value is -2.55. The lowest BCUT2D eigenvalue weighted by atomic mass is 10.1. The van der Waals surface area contributed by atoms with Gasteiger partial charge in [-0.2, -0.15) is 0 Å². The van der Waals surface area contributed by atoms with Gasteiger partial charge in [0.1, 0.15) is 5.75 Å². The zero-order valence-electron chi connectivity index (χ0n) is 9.55. The van der Waals surface area contributed by atoms with Gasteiger partial charge < -0.3 is 10.1 Å². The van der Waals surface area contributed by atoms with Crippen molar-refractivity contribution in [1.29, 1.82) is 0 Å². The van der Waals surface area contributed by atoms with E-state index in [-0.39, 0.29) is 11.3 Å². The number of phenols is 1. The summed E-state index contributed by atoms with van der Waals surface area (Å²) in [5.74, 6) is 0.188. The van der Waals surface area contributed by atoms with Crippen LogP contribution in [0.5, 0.6) is 5.75 Å². The number of fused-ring (bicyclic) bond motifs is 1. The van der Waals surface area contributed by atoms with Crippen molar-refractivity contribution in [2.24, 2.45) is 0 Å². The smallest absolute Gasteiger partial charge is 0.256 e. The average molecular weight is 237 g/mol. The largest absolute Gasteiger partial charge is 0.508 e. The van der Waals surface area contributed by atoms with E-state index in [4.69, 9.17) is 0 Å². The molecule has 0 atom stereocenters. The Morgan fingerprint density at radius 3 is 2.50 bits per heavy atom. The van der Waals surface area contributed by atoms with Crippen LogP contribution in [-0.4, -0.2) is 10.1 Å². The van der Waals surface area contributed by atoms with Crippen LogP contribution < -0.4 is 5.56 Å². The van der Waals surface area contributed by atoms with Crippen LogP contribution in [0.25, 0.3) is 22.0 Å². The molecule has 0 aliphatic carbocycles. The van der Waals surface area contributed by atoms with Crippen molar-refractivity contribution in [1.82, 2.24) is 4.98 Å². The molecule has 0 amide bonds. The molecule has 2 aromatic carbocycles. The minimum atomic E-state index is -0.126. The zero-order chi connectivity index (χ0) is 12.5. The predicted octanol–water partition coefficient (Wildman–Crippen LogP) is 2.90. The predicted molar refractivity (Wildman–Crippen MR) is 71.7 cm³/mol. The van der Waals surface area contributed by atoms with E-state index in [0.29, 0.717) is 5.56 Å². The molecule has 3 nitrogen and oxygen atoms in total. The summed E-state index contributed by atoms with van der Waals surface area (Å²) < 4.78 is 0. The molecule has 2 N–H and O–H groups in total.